The van der Waals surface area contributed by atoms with E-state index in [0.717, 1.165) is 37.2 Å². The second kappa shape index (κ2) is 11.1. The molecular weight excluding hydrogens is 440 g/mol. The normalized spacial score (nSPS) is 17.9. The molecule has 1 aliphatic rings. The lowest BCUT2D eigenvalue weighted by Crippen LogP contribution is -2.33. The average molecular weight is 479 g/mol. The van der Waals surface area contributed by atoms with E-state index in [1.54, 1.807) is 36.3 Å². The summed E-state index contributed by atoms with van der Waals surface area (Å²) in [6.45, 7) is 13.8. The second-order valence-electron chi connectivity index (χ2n) is 9.97. The third-order valence-corrected chi connectivity index (χ3v) is 6.76. The van der Waals surface area contributed by atoms with Crippen molar-refractivity contribution in [1.29, 1.82) is 0 Å². The summed E-state index contributed by atoms with van der Waals surface area (Å²) in [6.07, 6.45) is 0.744. The number of likely N-dealkylation sites (tertiary alicyclic amines) is 1. The van der Waals surface area contributed by atoms with Crippen molar-refractivity contribution in [2.45, 2.75) is 52.5 Å². The number of methoxy groups -OCH3 is 1. The maximum absolute atomic E-state index is 13.2. The molecule has 1 aliphatic heterocycles. The van der Waals surface area contributed by atoms with Crippen molar-refractivity contribution in [2.75, 3.05) is 33.3 Å². The van der Waals surface area contributed by atoms with Crippen molar-refractivity contribution < 1.29 is 19.4 Å². The van der Waals surface area contributed by atoms with Gasteiger partial charge in [-0.2, -0.15) is 0 Å². The lowest BCUT2D eigenvalue weighted by molar-refractivity contribution is -0.140. The number of aliphatic hydroxyl groups excluding tert-OH is 1. The highest BCUT2D eigenvalue weighted by Gasteiger charge is 2.45. The fraction of sp³-hybridized carbons (Fsp3) is 0.448. The first-order chi connectivity index (χ1) is 16.6. The topological polar surface area (TPSA) is 70.1 Å². The number of Topliss-reactive ketones (excluding diaryl/α,β-unsaturated/α-hetero) is 1. The van der Waals surface area contributed by atoms with Gasteiger partial charge in [0.1, 0.15) is 11.5 Å². The van der Waals surface area contributed by atoms with Crippen LogP contribution in [0.25, 0.3) is 5.76 Å². The number of rotatable bonds is 9. The lowest BCUT2D eigenvalue weighted by Gasteiger charge is -2.27. The molecule has 1 atom stereocenters. The smallest absolute Gasteiger partial charge is 0.295 e. The van der Waals surface area contributed by atoms with Crippen molar-refractivity contribution in [3.8, 4) is 5.75 Å². The van der Waals surface area contributed by atoms with Gasteiger partial charge in [0.15, 0.2) is 0 Å². The minimum Gasteiger partial charge on any atom is -0.507 e. The van der Waals surface area contributed by atoms with Gasteiger partial charge in [-0.15, -0.1) is 0 Å². The van der Waals surface area contributed by atoms with Crippen molar-refractivity contribution in [3.63, 3.8) is 0 Å². The Morgan fingerprint density at radius 3 is 2.11 bits per heavy atom. The summed E-state index contributed by atoms with van der Waals surface area (Å²) >= 11 is 0. The summed E-state index contributed by atoms with van der Waals surface area (Å²) in [7, 11) is 1.57. The van der Waals surface area contributed by atoms with Gasteiger partial charge in [0.05, 0.1) is 18.7 Å². The van der Waals surface area contributed by atoms with E-state index in [9.17, 15) is 14.7 Å². The summed E-state index contributed by atoms with van der Waals surface area (Å²) in [5.41, 5.74) is 2.56. The molecule has 0 bridgehead atoms. The Labute approximate surface area is 209 Å². The van der Waals surface area contributed by atoms with Crippen LogP contribution in [-0.4, -0.2) is 59.9 Å². The van der Waals surface area contributed by atoms with Gasteiger partial charge in [-0.3, -0.25) is 9.59 Å². The van der Waals surface area contributed by atoms with Crippen LogP contribution in [0.15, 0.2) is 54.1 Å². The average Bonchev–Trinajstić information content (AvgIpc) is 3.10. The lowest BCUT2D eigenvalue weighted by atomic mass is 9.85. The molecule has 2 aromatic carbocycles. The summed E-state index contributed by atoms with van der Waals surface area (Å²) in [5, 5.41) is 11.2. The van der Waals surface area contributed by atoms with Crippen LogP contribution in [0.3, 0.4) is 0 Å². The van der Waals surface area contributed by atoms with E-state index in [-0.39, 0.29) is 16.7 Å². The molecule has 0 aliphatic carbocycles. The van der Waals surface area contributed by atoms with Crippen LogP contribution in [0.5, 0.6) is 5.75 Å². The Balaban J connectivity index is 2.04. The van der Waals surface area contributed by atoms with Crippen LogP contribution in [0, 0.1) is 0 Å². The van der Waals surface area contributed by atoms with Crippen LogP contribution in [0.1, 0.15) is 63.8 Å². The van der Waals surface area contributed by atoms with Gasteiger partial charge in [-0.25, -0.2) is 0 Å². The quantitative estimate of drug-likeness (QED) is 0.307. The Bertz CT molecular complexity index is 1060. The Kier molecular flexibility index (Phi) is 8.39. The maximum atomic E-state index is 13.2. The van der Waals surface area contributed by atoms with Gasteiger partial charge in [-0.1, -0.05) is 58.9 Å². The maximum Gasteiger partial charge on any atom is 0.295 e. The monoisotopic (exact) mass is 478 g/mol. The summed E-state index contributed by atoms with van der Waals surface area (Å²) < 4.78 is 5.21. The highest BCUT2D eigenvalue weighted by atomic mass is 16.5. The number of carbonyl (C=O) groups excluding carboxylic acids is 2. The third kappa shape index (κ3) is 5.76. The summed E-state index contributed by atoms with van der Waals surface area (Å²) in [4.78, 5) is 30.3. The van der Waals surface area contributed by atoms with Crippen molar-refractivity contribution >= 4 is 17.4 Å². The predicted octanol–water partition coefficient (Wildman–Crippen LogP) is 5.15. The first kappa shape index (κ1) is 26.5. The van der Waals surface area contributed by atoms with E-state index in [1.807, 2.05) is 24.3 Å². The van der Waals surface area contributed by atoms with Gasteiger partial charge in [0.25, 0.3) is 11.7 Å². The molecule has 3 rings (SSSR count). The summed E-state index contributed by atoms with van der Waals surface area (Å²) in [6, 6.07) is 14.2. The van der Waals surface area contributed by atoms with E-state index < -0.39 is 17.7 Å². The Morgan fingerprint density at radius 1 is 1.00 bits per heavy atom. The van der Waals surface area contributed by atoms with Crippen LogP contribution in [0.2, 0.25) is 0 Å². The van der Waals surface area contributed by atoms with Gasteiger partial charge in [0, 0.05) is 12.1 Å². The minimum atomic E-state index is -0.647. The molecule has 2 aromatic rings. The van der Waals surface area contributed by atoms with E-state index in [4.69, 9.17) is 4.74 Å². The first-order valence-electron chi connectivity index (χ1n) is 12.4. The minimum absolute atomic E-state index is 0.0206. The van der Waals surface area contributed by atoms with E-state index in [2.05, 4.69) is 39.5 Å². The molecule has 0 unspecified atom stereocenters. The fourth-order valence-electron chi connectivity index (χ4n) is 4.53. The largest absolute Gasteiger partial charge is 0.507 e. The Hall–Kier alpha value is -3.12. The molecule has 6 nitrogen and oxygen atoms in total. The van der Waals surface area contributed by atoms with Gasteiger partial charge in [0.2, 0.25) is 0 Å². The molecule has 1 amide bonds. The number of carbonyl (C=O) groups is 2. The van der Waals surface area contributed by atoms with Crippen LogP contribution < -0.4 is 4.74 Å². The number of benzene rings is 2. The van der Waals surface area contributed by atoms with E-state index >= 15 is 0 Å². The van der Waals surface area contributed by atoms with Crippen LogP contribution in [0.4, 0.5) is 0 Å². The molecule has 6 heteroatoms. The zero-order valence-electron chi connectivity index (χ0n) is 21.8. The number of nitrogens with zero attached hydrogens (tertiary/aromatic N) is 2. The van der Waals surface area contributed by atoms with Gasteiger partial charge in [-0.05, 0) is 66.9 Å². The third-order valence-electron chi connectivity index (χ3n) is 6.76. The van der Waals surface area contributed by atoms with Crippen molar-refractivity contribution in [3.05, 3.63) is 70.8 Å². The van der Waals surface area contributed by atoms with Crippen LogP contribution in [-0.2, 0) is 15.0 Å². The molecule has 1 saturated heterocycles. The predicted molar refractivity (Wildman–Crippen MR) is 140 cm³/mol. The van der Waals surface area contributed by atoms with Crippen molar-refractivity contribution in [1.82, 2.24) is 9.80 Å². The number of hydrogen-bond donors (Lipinski definition) is 1. The number of ether oxygens (including phenoxy) is 1. The highest BCUT2D eigenvalue weighted by Crippen LogP contribution is 2.40. The van der Waals surface area contributed by atoms with Gasteiger partial charge < -0.3 is 19.6 Å². The van der Waals surface area contributed by atoms with Gasteiger partial charge >= 0.3 is 0 Å². The number of hydrogen-bond acceptors (Lipinski definition) is 5. The molecule has 1 heterocycles. The SMILES string of the molecule is CCN(CC)CCCN1C(=O)C(=O)C(=C(O)c2ccc(OC)cc2)[C@H]1c1ccc(C(C)(C)C)cc1. The fourth-order valence-corrected chi connectivity index (χ4v) is 4.53. The van der Waals surface area contributed by atoms with E-state index in [0.29, 0.717) is 17.9 Å². The molecule has 188 valence electrons. The van der Waals surface area contributed by atoms with Crippen LogP contribution >= 0.6 is 0 Å². The molecule has 35 heavy (non-hydrogen) atoms. The molecule has 0 saturated carbocycles. The zero-order chi connectivity index (χ0) is 25.8. The number of aliphatic hydroxyl groups is 1. The molecule has 1 fully saturated rings. The number of amides is 1. The molecule has 1 N–H and O–H groups in total. The molecule has 0 radical (unpaired) electrons. The van der Waals surface area contributed by atoms with Crippen molar-refractivity contribution in [2.24, 2.45) is 0 Å². The Morgan fingerprint density at radius 2 is 1.60 bits per heavy atom. The standard InChI is InChI=1S/C29H38N2O4/c1-7-30(8-2)18-9-19-31-25(20-10-14-22(15-11-20)29(3,4)5)24(27(33)28(31)34)26(32)21-12-16-23(35-6)17-13-21/h10-17,25,32H,7-9,18-19H2,1-6H3/t25-/m1/s1. The highest BCUT2D eigenvalue weighted by molar-refractivity contribution is 6.46. The summed E-state index contributed by atoms with van der Waals surface area (Å²) in [5.74, 6) is -0.731. The zero-order valence-corrected chi connectivity index (χ0v) is 21.8. The van der Waals surface area contributed by atoms with E-state index in [1.165, 1.54) is 0 Å². The molecular formula is C29H38N2O4. The molecule has 0 spiro atoms. The second-order valence-corrected chi connectivity index (χ2v) is 9.97. The first-order valence-corrected chi connectivity index (χ1v) is 12.4. The molecule has 0 aromatic heterocycles. The number of ketones is 1.